The van der Waals surface area contributed by atoms with Gasteiger partial charge in [-0.25, -0.2) is 8.42 Å². The van der Waals surface area contributed by atoms with Crippen LogP contribution in [0.1, 0.15) is 13.8 Å². The molecule has 96 valence electrons. The van der Waals surface area contributed by atoms with Gasteiger partial charge in [0, 0.05) is 22.8 Å². The lowest BCUT2D eigenvalue weighted by molar-refractivity contribution is 0.224. The number of nitrogens with zero attached hydrogens (tertiary/aromatic N) is 1. The van der Waals surface area contributed by atoms with Gasteiger partial charge in [0.05, 0.1) is 18.6 Å². The molecule has 0 bridgehead atoms. The summed E-state index contributed by atoms with van der Waals surface area (Å²) in [6, 6.07) is 3.54. The number of pyridine rings is 1. The maximum Gasteiger partial charge on any atom is 0.233 e. The van der Waals surface area contributed by atoms with Crippen molar-refractivity contribution in [1.29, 1.82) is 0 Å². The number of halogens is 1. The van der Waals surface area contributed by atoms with Crippen molar-refractivity contribution in [3.8, 4) is 5.75 Å². The highest BCUT2D eigenvalue weighted by Gasteiger charge is 2.21. The molecule has 0 fully saturated rings. The Hall–Kier alpha value is -0.810. The highest BCUT2D eigenvalue weighted by molar-refractivity contribution is 8.13. The summed E-state index contributed by atoms with van der Waals surface area (Å²) >= 11 is 0. The van der Waals surface area contributed by atoms with Crippen LogP contribution < -0.4 is 4.74 Å². The maximum absolute atomic E-state index is 11.1. The highest BCUT2D eigenvalue weighted by atomic mass is 35.7. The molecule has 17 heavy (non-hydrogen) atoms. The Bertz CT molecular complexity index is 433. The van der Waals surface area contributed by atoms with Crippen LogP contribution in [0.4, 0.5) is 0 Å². The molecule has 1 heterocycles. The van der Waals surface area contributed by atoms with Crippen LogP contribution in [0.15, 0.2) is 24.5 Å². The molecule has 0 aliphatic heterocycles. The Morgan fingerprint density at radius 3 is 2.65 bits per heavy atom. The lowest BCUT2D eigenvalue weighted by Crippen LogP contribution is -2.24. The SMILES string of the molecule is CC(C)C(COc1cccnc1)CS(=O)(=O)Cl. The summed E-state index contributed by atoms with van der Waals surface area (Å²) in [7, 11) is 1.76. The maximum atomic E-state index is 11.1. The average Bonchev–Trinajstić information content (AvgIpc) is 2.24. The molecular formula is C11H16ClNO3S. The van der Waals surface area contributed by atoms with Gasteiger partial charge in [-0.05, 0) is 18.1 Å². The van der Waals surface area contributed by atoms with Crippen LogP contribution in [0.2, 0.25) is 0 Å². The van der Waals surface area contributed by atoms with Gasteiger partial charge in [0.15, 0.2) is 0 Å². The van der Waals surface area contributed by atoms with E-state index in [1.165, 1.54) is 0 Å². The summed E-state index contributed by atoms with van der Waals surface area (Å²) < 4.78 is 27.6. The predicted octanol–water partition coefficient (Wildman–Crippen LogP) is 2.30. The zero-order valence-electron chi connectivity index (χ0n) is 9.84. The van der Waals surface area contributed by atoms with Crippen LogP contribution in [0, 0.1) is 11.8 Å². The molecule has 0 amide bonds. The Labute approximate surface area is 106 Å². The van der Waals surface area contributed by atoms with E-state index in [9.17, 15) is 8.42 Å². The molecule has 0 radical (unpaired) electrons. The third-order valence-electron chi connectivity index (χ3n) is 2.45. The zero-order valence-corrected chi connectivity index (χ0v) is 11.4. The predicted molar refractivity (Wildman–Crippen MR) is 67.7 cm³/mol. The van der Waals surface area contributed by atoms with Crippen molar-refractivity contribution in [2.45, 2.75) is 13.8 Å². The van der Waals surface area contributed by atoms with Crippen molar-refractivity contribution in [2.24, 2.45) is 11.8 Å². The largest absolute Gasteiger partial charge is 0.492 e. The van der Waals surface area contributed by atoms with Crippen LogP contribution >= 0.6 is 10.7 Å². The second kappa shape index (κ2) is 6.21. The summed E-state index contributed by atoms with van der Waals surface area (Å²) in [5.41, 5.74) is 0. The number of hydrogen-bond acceptors (Lipinski definition) is 4. The minimum atomic E-state index is -3.50. The van der Waals surface area contributed by atoms with Crippen molar-refractivity contribution in [2.75, 3.05) is 12.4 Å². The van der Waals surface area contributed by atoms with E-state index in [2.05, 4.69) is 4.98 Å². The van der Waals surface area contributed by atoms with Gasteiger partial charge in [0.1, 0.15) is 5.75 Å². The molecule has 4 nitrogen and oxygen atoms in total. The van der Waals surface area contributed by atoms with E-state index in [0.29, 0.717) is 12.4 Å². The average molecular weight is 278 g/mol. The molecule has 0 spiro atoms. The summed E-state index contributed by atoms with van der Waals surface area (Å²) in [5.74, 6) is 0.606. The van der Waals surface area contributed by atoms with Crippen molar-refractivity contribution >= 4 is 19.7 Å². The first-order valence-corrected chi connectivity index (χ1v) is 7.81. The number of hydrogen-bond donors (Lipinski definition) is 0. The van der Waals surface area contributed by atoms with Gasteiger partial charge in [0.25, 0.3) is 0 Å². The molecule has 1 aromatic rings. The Morgan fingerprint density at radius 2 is 2.18 bits per heavy atom. The molecule has 1 unspecified atom stereocenters. The Balaban J connectivity index is 2.57. The van der Waals surface area contributed by atoms with Crippen molar-refractivity contribution < 1.29 is 13.2 Å². The van der Waals surface area contributed by atoms with Gasteiger partial charge in [-0.15, -0.1) is 0 Å². The summed E-state index contributed by atoms with van der Waals surface area (Å²) in [5, 5.41) is 0. The van der Waals surface area contributed by atoms with Crippen molar-refractivity contribution in [1.82, 2.24) is 4.98 Å². The van der Waals surface area contributed by atoms with E-state index in [0.717, 1.165) is 0 Å². The Kier molecular flexibility index (Phi) is 5.21. The summed E-state index contributed by atoms with van der Waals surface area (Å²) in [4.78, 5) is 3.91. The van der Waals surface area contributed by atoms with Gasteiger partial charge in [-0.2, -0.15) is 0 Å². The van der Waals surface area contributed by atoms with E-state index >= 15 is 0 Å². The van der Waals surface area contributed by atoms with Gasteiger partial charge >= 0.3 is 0 Å². The second-order valence-corrected chi connectivity index (χ2v) is 7.03. The van der Waals surface area contributed by atoms with E-state index < -0.39 is 9.05 Å². The van der Waals surface area contributed by atoms with Crippen LogP contribution in [-0.2, 0) is 9.05 Å². The second-order valence-electron chi connectivity index (χ2n) is 4.21. The quantitative estimate of drug-likeness (QED) is 0.749. The lowest BCUT2D eigenvalue weighted by Gasteiger charge is -2.19. The fourth-order valence-corrected chi connectivity index (χ4v) is 2.80. The summed E-state index contributed by atoms with van der Waals surface area (Å²) in [6.07, 6.45) is 3.24. The third-order valence-corrected chi connectivity index (χ3v) is 3.66. The van der Waals surface area contributed by atoms with Crippen LogP contribution in [0.5, 0.6) is 5.75 Å². The van der Waals surface area contributed by atoms with Crippen LogP contribution in [0.3, 0.4) is 0 Å². The minimum absolute atomic E-state index is 0.0769. The lowest BCUT2D eigenvalue weighted by atomic mass is 9.99. The van der Waals surface area contributed by atoms with E-state index in [-0.39, 0.29) is 17.6 Å². The molecule has 1 aromatic heterocycles. The van der Waals surface area contributed by atoms with Gasteiger partial charge in [0.2, 0.25) is 9.05 Å². The monoisotopic (exact) mass is 277 g/mol. The zero-order chi connectivity index (χ0) is 12.9. The van der Waals surface area contributed by atoms with Gasteiger partial charge in [-0.1, -0.05) is 13.8 Å². The smallest absolute Gasteiger partial charge is 0.233 e. The molecule has 6 heteroatoms. The van der Waals surface area contributed by atoms with Gasteiger partial charge < -0.3 is 4.74 Å². The normalized spacial score (nSPS) is 13.6. The molecule has 1 rings (SSSR count). The first-order valence-electron chi connectivity index (χ1n) is 5.33. The van der Waals surface area contributed by atoms with E-state index in [1.807, 2.05) is 13.8 Å². The molecule has 0 aliphatic carbocycles. The molecule has 0 aromatic carbocycles. The molecule has 0 saturated heterocycles. The first-order chi connectivity index (χ1) is 7.88. The van der Waals surface area contributed by atoms with Crippen LogP contribution in [0.25, 0.3) is 0 Å². The van der Waals surface area contributed by atoms with Gasteiger partial charge in [-0.3, -0.25) is 4.98 Å². The fraction of sp³-hybridized carbons (Fsp3) is 0.545. The van der Waals surface area contributed by atoms with E-state index in [1.54, 1.807) is 24.5 Å². The Morgan fingerprint density at radius 1 is 1.47 bits per heavy atom. The molecule has 0 aliphatic rings. The molecular weight excluding hydrogens is 262 g/mol. The number of ether oxygens (including phenoxy) is 1. The highest BCUT2D eigenvalue weighted by Crippen LogP contribution is 2.18. The standard InChI is InChI=1S/C11H16ClNO3S/c1-9(2)10(8-17(12,14)15)7-16-11-4-3-5-13-6-11/h3-6,9-10H,7-8H2,1-2H3. The minimum Gasteiger partial charge on any atom is -0.492 e. The van der Waals surface area contributed by atoms with Crippen LogP contribution in [-0.4, -0.2) is 25.8 Å². The number of aromatic nitrogens is 1. The third kappa shape index (κ3) is 5.89. The fourth-order valence-electron chi connectivity index (χ4n) is 1.32. The van der Waals surface area contributed by atoms with Crippen molar-refractivity contribution in [3.05, 3.63) is 24.5 Å². The van der Waals surface area contributed by atoms with Crippen molar-refractivity contribution in [3.63, 3.8) is 0 Å². The van der Waals surface area contributed by atoms with E-state index in [4.69, 9.17) is 15.4 Å². The summed E-state index contributed by atoms with van der Waals surface area (Å²) in [6.45, 7) is 4.20. The topological polar surface area (TPSA) is 56.3 Å². The molecule has 0 saturated carbocycles. The number of rotatable bonds is 6. The first kappa shape index (κ1) is 14.3. The molecule has 1 atom stereocenters. The molecule has 0 N–H and O–H groups in total.